The van der Waals surface area contributed by atoms with Gasteiger partial charge in [0.2, 0.25) is 0 Å². The Balaban J connectivity index is 0.000000200. The quantitative estimate of drug-likeness (QED) is 0.321. The summed E-state index contributed by atoms with van der Waals surface area (Å²) in [5.41, 5.74) is 0.675. The van der Waals surface area contributed by atoms with Crippen LogP contribution in [0.25, 0.3) is 11.2 Å². The molecule has 3 unspecified atom stereocenters. The molecule has 110 valence electrons. The zero-order valence-corrected chi connectivity index (χ0v) is 10.2. The van der Waals surface area contributed by atoms with E-state index in [9.17, 15) is 9.59 Å². The first-order valence-corrected chi connectivity index (χ1v) is 5.48. The molecule has 20 heavy (non-hydrogen) atoms. The molecular formula is C10H14N4O6. The average Bonchev–Trinajstić information content (AvgIpc) is 2.95. The third-order valence-corrected chi connectivity index (χ3v) is 2.30. The van der Waals surface area contributed by atoms with Gasteiger partial charge in [-0.25, -0.2) is 9.97 Å². The summed E-state index contributed by atoms with van der Waals surface area (Å²) < 4.78 is 0. The molecule has 2 rings (SSSR count). The first kappa shape index (κ1) is 15.9. The monoisotopic (exact) mass is 286 g/mol. The highest BCUT2D eigenvalue weighted by molar-refractivity contribution is 5.67. The van der Waals surface area contributed by atoms with Gasteiger partial charge >= 0.3 is 0 Å². The SMILES string of the molecule is O=CC(O)C(O)C(O)CO.O=c1[nH]cnc2nc[nH]c12. The van der Waals surface area contributed by atoms with Gasteiger partial charge in [0.25, 0.3) is 5.56 Å². The lowest BCUT2D eigenvalue weighted by Crippen LogP contribution is -2.40. The zero-order chi connectivity index (χ0) is 15.1. The average molecular weight is 286 g/mol. The second-order valence-electron chi connectivity index (χ2n) is 3.70. The summed E-state index contributed by atoms with van der Waals surface area (Å²) in [5.74, 6) is 0. The highest BCUT2D eigenvalue weighted by atomic mass is 16.4. The van der Waals surface area contributed by atoms with Crippen LogP contribution in [0.5, 0.6) is 0 Å². The fourth-order valence-corrected chi connectivity index (χ4v) is 1.19. The van der Waals surface area contributed by atoms with Gasteiger partial charge in [-0.1, -0.05) is 0 Å². The van der Waals surface area contributed by atoms with Gasteiger partial charge in [0.15, 0.2) is 17.5 Å². The summed E-state index contributed by atoms with van der Waals surface area (Å²) >= 11 is 0. The fraction of sp³-hybridized carbons (Fsp3) is 0.400. The first-order chi connectivity index (χ1) is 9.51. The van der Waals surface area contributed by atoms with E-state index >= 15 is 0 Å². The number of nitrogens with one attached hydrogen (secondary N) is 2. The maximum Gasteiger partial charge on any atom is 0.276 e. The predicted molar refractivity (Wildman–Crippen MR) is 65.7 cm³/mol. The number of hydrogen-bond acceptors (Lipinski definition) is 8. The lowest BCUT2D eigenvalue weighted by atomic mass is 10.1. The van der Waals surface area contributed by atoms with Gasteiger partial charge < -0.3 is 35.2 Å². The minimum atomic E-state index is -1.64. The van der Waals surface area contributed by atoms with Crippen LogP contribution in [0.4, 0.5) is 0 Å². The third-order valence-electron chi connectivity index (χ3n) is 2.30. The molecule has 0 saturated heterocycles. The molecule has 0 saturated carbocycles. The van der Waals surface area contributed by atoms with Gasteiger partial charge in [-0.05, 0) is 0 Å². The molecule has 0 radical (unpaired) electrons. The summed E-state index contributed by atoms with van der Waals surface area (Å²) in [7, 11) is 0. The van der Waals surface area contributed by atoms with E-state index in [-0.39, 0.29) is 11.8 Å². The van der Waals surface area contributed by atoms with Crippen molar-refractivity contribution < 1.29 is 25.2 Å². The van der Waals surface area contributed by atoms with Gasteiger partial charge in [0.05, 0.1) is 19.3 Å². The van der Waals surface area contributed by atoms with Crippen LogP contribution < -0.4 is 5.56 Å². The lowest BCUT2D eigenvalue weighted by molar-refractivity contribution is -0.127. The van der Waals surface area contributed by atoms with Crippen molar-refractivity contribution in [3.05, 3.63) is 23.0 Å². The molecule has 6 N–H and O–H groups in total. The highest BCUT2D eigenvalue weighted by Gasteiger charge is 2.22. The number of hydrogen-bond donors (Lipinski definition) is 6. The Labute approximate surface area is 111 Å². The van der Waals surface area contributed by atoms with E-state index in [4.69, 9.17) is 20.4 Å². The van der Waals surface area contributed by atoms with Crippen molar-refractivity contribution in [3.63, 3.8) is 0 Å². The van der Waals surface area contributed by atoms with Crippen LogP contribution in [-0.4, -0.2) is 71.6 Å². The van der Waals surface area contributed by atoms with Crippen LogP contribution in [-0.2, 0) is 4.79 Å². The van der Waals surface area contributed by atoms with Crippen molar-refractivity contribution in [1.29, 1.82) is 0 Å². The Bertz CT molecular complexity index is 596. The van der Waals surface area contributed by atoms with E-state index < -0.39 is 24.9 Å². The molecule has 2 aromatic heterocycles. The largest absolute Gasteiger partial charge is 0.394 e. The number of aliphatic hydroxyl groups excluding tert-OH is 4. The van der Waals surface area contributed by atoms with Gasteiger partial charge in [-0.15, -0.1) is 0 Å². The van der Waals surface area contributed by atoms with Gasteiger partial charge in [0.1, 0.15) is 18.3 Å². The fourth-order valence-electron chi connectivity index (χ4n) is 1.19. The Kier molecular flexibility index (Phi) is 5.93. The second kappa shape index (κ2) is 7.45. The molecule has 2 heterocycles. The third kappa shape index (κ3) is 3.93. The Morgan fingerprint density at radius 2 is 1.80 bits per heavy atom. The normalized spacial score (nSPS) is 15.0. The molecule has 0 amide bonds. The van der Waals surface area contributed by atoms with E-state index in [1.54, 1.807) is 0 Å². The maximum atomic E-state index is 10.9. The van der Waals surface area contributed by atoms with Crippen LogP contribution in [0, 0.1) is 0 Å². The van der Waals surface area contributed by atoms with Crippen LogP contribution in [0.1, 0.15) is 0 Å². The molecule has 0 aliphatic rings. The number of nitrogens with zero attached hydrogens (tertiary/aromatic N) is 2. The van der Waals surface area contributed by atoms with Crippen LogP contribution in [0.3, 0.4) is 0 Å². The number of aliphatic hydroxyl groups is 4. The van der Waals surface area contributed by atoms with Crippen molar-refractivity contribution in [1.82, 2.24) is 19.9 Å². The summed E-state index contributed by atoms with van der Waals surface area (Å²) in [6, 6.07) is 0. The molecular weight excluding hydrogens is 272 g/mol. The number of fused-ring (bicyclic) bond motifs is 1. The minimum absolute atomic E-state index is 0.0869. The number of aldehydes is 1. The number of rotatable bonds is 4. The summed E-state index contributed by atoms with van der Waals surface area (Å²) in [5, 5.41) is 34.1. The van der Waals surface area contributed by atoms with E-state index in [0.29, 0.717) is 11.2 Å². The number of H-pyrrole nitrogens is 2. The second-order valence-corrected chi connectivity index (χ2v) is 3.70. The van der Waals surface area contributed by atoms with Crippen LogP contribution in [0.15, 0.2) is 17.4 Å². The molecule has 0 aliphatic carbocycles. The smallest absolute Gasteiger partial charge is 0.276 e. The van der Waals surface area contributed by atoms with Crippen LogP contribution >= 0.6 is 0 Å². The van der Waals surface area contributed by atoms with Crippen molar-refractivity contribution >= 4 is 17.5 Å². The van der Waals surface area contributed by atoms with E-state index in [2.05, 4.69) is 19.9 Å². The maximum absolute atomic E-state index is 10.9. The summed E-state index contributed by atoms with van der Waals surface area (Å²) in [6.45, 7) is -0.688. The molecule has 0 aliphatic heterocycles. The van der Waals surface area contributed by atoms with Crippen molar-refractivity contribution in [2.24, 2.45) is 0 Å². The van der Waals surface area contributed by atoms with E-state index in [0.717, 1.165) is 0 Å². The number of aromatic amines is 2. The van der Waals surface area contributed by atoms with E-state index in [1.807, 2.05) is 0 Å². The zero-order valence-electron chi connectivity index (χ0n) is 10.2. The lowest BCUT2D eigenvalue weighted by Gasteiger charge is -2.16. The minimum Gasteiger partial charge on any atom is -0.394 e. The Morgan fingerprint density at radius 1 is 1.20 bits per heavy atom. The van der Waals surface area contributed by atoms with Gasteiger partial charge in [-0.3, -0.25) is 4.79 Å². The summed E-state index contributed by atoms with van der Waals surface area (Å²) in [4.78, 5) is 33.3. The number of carbonyl (C=O) groups excluding carboxylic acids is 1. The van der Waals surface area contributed by atoms with Gasteiger partial charge in [0, 0.05) is 0 Å². The predicted octanol–water partition coefficient (Wildman–Crippen LogP) is -3.09. The summed E-state index contributed by atoms with van der Waals surface area (Å²) in [6.07, 6.45) is -1.87. The molecule has 0 spiro atoms. The standard InChI is InChI=1S/C5H4N4O.C5H10O5/c10-5-3-4(7-1-6-3)8-2-9-5;6-1-3(8)5(10)4(9)2-7/h1-2H,(H2,6,7,8,9,10);1,3-5,7-10H,2H2. The van der Waals surface area contributed by atoms with Crippen molar-refractivity contribution in [2.75, 3.05) is 6.61 Å². The Morgan fingerprint density at radius 3 is 2.30 bits per heavy atom. The van der Waals surface area contributed by atoms with E-state index in [1.165, 1.54) is 12.7 Å². The topological polar surface area (TPSA) is 172 Å². The van der Waals surface area contributed by atoms with Gasteiger partial charge in [-0.2, -0.15) is 0 Å². The molecule has 0 aromatic carbocycles. The van der Waals surface area contributed by atoms with Crippen molar-refractivity contribution in [2.45, 2.75) is 18.3 Å². The molecule has 10 nitrogen and oxygen atoms in total. The molecule has 0 fully saturated rings. The first-order valence-electron chi connectivity index (χ1n) is 5.48. The molecule has 0 bridgehead atoms. The molecule has 2 aromatic rings. The van der Waals surface area contributed by atoms with Crippen molar-refractivity contribution in [3.8, 4) is 0 Å². The number of imidazole rings is 1. The highest BCUT2D eigenvalue weighted by Crippen LogP contribution is 1.96. The van der Waals surface area contributed by atoms with Crippen LogP contribution in [0.2, 0.25) is 0 Å². The number of carbonyl (C=O) groups is 1. The molecule has 3 atom stereocenters. The molecule has 10 heteroatoms. The number of aromatic nitrogens is 4. The Hall–Kier alpha value is -2.14.